The molecule has 0 radical (unpaired) electrons. The smallest absolute Gasteiger partial charge is 0.163 e. The Morgan fingerprint density at radius 1 is 0.739 bits per heavy atom. The van der Waals surface area contributed by atoms with Gasteiger partial charge in [-0.25, -0.2) is 0 Å². The number of fused-ring (bicyclic) bond motifs is 7. The SMILES string of the molecule is CC(=O)c1cccc2c1oc1ccc3c4ccccc4oc3c12. The van der Waals surface area contributed by atoms with Crippen LogP contribution in [0, 0.1) is 0 Å². The summed E-state index contributed by atoms with van der Waals surface area (Å²) in [6.45, 7) is 1.55. The number of hydrogen-bond donors (Lipinski definition) is 0. The number of rotatable bonds is 1. The van der Waals surface area contributed by atoms with Crippen molar-refractivity contribution in [2.45, 2.75) is 6.92 Å². The van der Waals surface area contributed by atoms with Gasteiger partial charge in [0.2, 0.25) is 0 Å². The zero-order chi connectivity index (χ0) is 15.6. The van der Waals surface area contributed by atoms with Crippen molar-refractivity contribution in [3.63, 3.8) is 0 Å². The lowest BCUT2D eigenvalue weighted by Gasteiger charge is -1.95. The van der Waals surface area contributed by atoms with Crippen molar-refractivity contribution in [2.24, 2.45) is 0 Å². The maximum atomic E-state index is 11.9. The lowest BCUT2D eigenvalue weighted by molar-refractivity contribution is 0.101. The molecule has 0 aliphatic carbocycles. The van der Waals surface area contributed by atoms with Crippen molar-refractivity contribution in [2.75, 3.05) is 0 Å². The summed E-state index contributed by atoms with van der Waals surface area (Å²) in [6.07, 6.45) is 0. The van der Waals surface area contributed by atoms with Gasteiger partial charge in [-0.1, -0.05) is 30.3 Å². The van der Waals surface area contributed by atoms with Crippen LogP contribution in [0.1, 0.15) is 17.3 Å². The second kappa shape index (κ2) is 4.23. The van der Waals surface area contributed by atoms with E-state index in [1.807, 2.05) is 42.5 Å². The molecule has 0 fully saturated rings. The molecule has 0 aliphatic rings. The van der Waals surface area contributed by atoms with Crippen molar-refractivity contribution >= 4 is 49.7 Å². The van der Waals surface area contributed by atoms with Crippen LogP contribution in [0.3, 0.4) is 0 Å². The first-order chi connectivity index (χ1) is 11.2. The third-order valence-corrected chi connectivity index (χ3v) is 4.38. The fourth-order valence-corrected chi connectivity index (χ4v) is 3.34. The van der Waals surface area contributed by atoms with Gasteiger partial charge in [0.1, 0.15) is 22.3 Å². The molecular formula is C20H12O3. The molecule has 2 aromatic heterocycles. The molecule has 23 heavy (non-hydrogen) atoms. The summed E-state index contributed by atoms with van der Waals surface area (Å²) in [5.41, 5.74) is 3.63. The van der Waals surface area contributed by atoms with Gasteiger partial charge in [0.05, 0.1) is 10.9 Å². The lowest BCUT2D eigenvalue weighted by Crippen LogP contribution is -1.91. The minimum atomic E-state index is -0.00416. The molecule has 5 rings (SSSR count). The average molecular weight is 300 g/mol. The van der Waals surface area contributed by atoms with Gasteiger partial charge in [-0.15, -0.1) is 0 Å². The van der Waals surface area contributed by atoms with E-state index in [1.165, 1.54) is 0 Å². The number of benzene rings is 3. The number of furan rings is 2. The molecule has 3 heteroatoms. The third kappa shape index (κ3) is 1.56. The van der Waals surface area contributed by atoms with Gasteiger partial charge in [-0.2, -0.15) is 0 Å². The fraction of sp³-hybridized carbons (Fsp3) is 0.0500. The Kier molecular flexibility index (Phi) is 2.29. The Morgan fingerprint density at radius 3 is 2.39 bits per heavy atom. The maximum Gasteiger partial charge on any atom is 0.163 e. The van der Waals surface area contributed by atoms with Crippen LogP contribution >= 0.6 is 0 Å². The molecular weight excluding hydrogens is 288 g/mol. The first kappa shape index (κ1) is 12.5. The molecule has 0 saturated heterocycles. The van der Waals surface area contributed by atoms with Crippen LogP contribution in [-0.4, -0.2) is 5.78 Å². The molecule has 0 saturated carbocycles. The standard InChI is InChI=1S/C20H12O3/c1-11(21)12-6-4-7-15-18-17(23-19(12)15)10-9-14-13-5-2-3-8-16(13)22-20(14)18/h2-10H,1H3. The van der Waals surface area contributed by atoms with Gasteiger partial charge in [-0.05, 0) is 31.2 Å². The van der Waals surface area contributed by atoms with Crippen molar-refractivity contribution < 1.29 is 13.6 Å². The van der Waals surface area contributed by atoms with Crippen molar-refractivity contribution in [1.82, 2.24) is 0 Å². The van der Waals surface area contributed by atoms with Crippen molar-refractivity contribution in [3.05, 3.63) is 60.2 Å². The van der Waals surface area contributed by atoms with Crippen LogP contribution in [0.2, 0.25) is 0 Å². The third-order valence-electron chi connectivity index (χ3n) is 4.38. The molecule has 0 amide bonds. The average Bonchev–Trinajstić information content (AvgIpc) is 3.11. The van der Waals surface area contributed by atoms with Gasteiger partial charge < -0.3 is 8.83 Å². The Balaban J connectivity index is 2.06. The predicted octanol–water partition coefficient (Wildman–Crippen LogP) is 5.69. The van der Waals surface area contributed by atoms with E-state index in [-0.39, 0.29) is 5.78 Å². The zero-order valence-corrected chi connectivity index (χ0v) is 12.4. The van der Waals surface area contributed by atoms with Crippen LogP contribution in [0.4, 0.5) is 0 Å². The Labute approximate surface area is 131 Å². The fourth-order valence-electron chi connectivity index (χ4n) is 3.34. The molecule has 5 aromatic rings. The molecule has 2 heterocycles. The van der Waals surface area contributed by atoms with Gasteiger partial charge >= 0.3 is 0 Å². The van der Waals surface area contributed by atoms with E-state index in [4.69, 9.17) is 8.83 Å². The van der Waals surface area contributed by atoms with Crippen LogP contribution in [0.25, 0.3) is 43.9 Å². The van der Waals surface area contributed by atoms with E-state index >= 15 is 0 Å². The summed E-state index contributed by atoms with van der Waals surface area (Å²) < 4.78 is 12.1. The van der Waals surface area contributed by atoms with E-state index in [2.05, 4.69) is 6.07 Å². The number of ketones is 1. The first-order valence-electron chi connectivity index (χ1n) is 7.50. The van der Waals surface area contributed by atoms with E-state index in [0.717, 1.165) is 38.3 Å². The van der Waals surface area contributed by atoms with Crippen molar-refractivity contribution in [1.29, 1.82) is 0 Å². The molecule has 0 N–H and O–H groups in total. The highest BCUT2D eigenvalue weighted by Crippen LogP contribution is 2.39. The second-order valence-electron chi connectivity index (χ2n) is 5.75. The topological polar surface area (TPSA) is 43.4 Å². The molecule has 0 atom stereocenters. The minimum Gasteiger partial charge on any atom is -0.455 e. The maximum absolute atomic E-state index is 11.9. The quantitative estimate of drug-likeness (QED) is 0.374. The van der Waals surface area contributed by atoms with E-state index in [1.54, 1.807) is 13.0 Å². The normalized spacial score (nSPS) is 11.9. The highest BCUT2D eigenvalue weighted by Gasteiger charge is 2.18. The Hall–Kier alpha value is -3.07. The van der Waals surface area contributed by atoms with Crippen LogP contribution in [0.15, 0.2) is 63.4 Å². The molecule has 0 bridgehead atoms. The summed E-state index contributed by atoms with van der Waals surface area (Å²) in [7, 11) is 0. The molecule has 3 nitrogen and oxygen atoms in total. The van der Waals surface area contributed by atoms with Crippen molar-refractivity contribution in [3.8, 4) is 0 Å². The van der Waals surface area contributed by atoms with Gasteiger partial charge in [0.15, 0.2) is 5.78 Å². The van der Waals surface area contributed by atoms with Crippen LogP contribution < -0.4 is 0 Å². The van der Waals surface area contributed by atoms with E-state index in [9.17, 15) is 4.79 Å². The number of carbonyl (C=O) groups excluding carboxylic acids is 1. The lowest BCUT2D eigenvalue weighted by atomic mass is 10.0. The van der Waals surface area contributed by atoms with Gasteiger partial charge in [0.25, 0.3) is 0 Å². The number of carbonyl (C=O) groups is 1. The highest BCUT2D eigenvalue weighted by atomic mass is 16.3. The number of para-hydroxylation sites is 2. The second-order valence-corrected chi connectivity index (χ2v) is 5.75. The highest BCUT2D eigenvalue weighted by molar-refractivity contribution is 6.23. The van der Waals surface area contributed by atoms with E-state index in [0.29, 0.717) is 11.1 Å². The largest absolute Gasteiger partial charge is 0.455 e. The summed E-state index contributed by atoms with van der Waals surface area (Å²) >= 11 is 0. The first-order valence-corrected chi connectivity index (χ1v) is 7.50. The van der Waals surface area contributed by atoms with Crippen LogP contribution in [-0.2, 0) is 0 Å². The Bertz CT molecular complexity index is 1240. The Morgan fingerprint density at radius 2 is 1.52 bits per heavy atom. The number of Topliss-reactive ketones (excluding diaryl/α,β-unsaturated/α-hetero) is 1. The zero-order valence-electron chi connectivity index (χ0n) is 12.4. The number of hydrogen-bond acceptors (Lipinski definition) is 3. The van der Waals surface area contributed by atoms with E-state index < -0.39 is 0 Å². The monoisotopic (exact) mass is 300 g/mol. The predicted molar refractivity (Wildman–Crippen MR) is 91.0 cm³/mol. The van der Waals surface area contributed by atoms with Gasteiger partial charge in [-0.3, -0.25) is 4.79 Å². The molecule has 110 valence electrons. The van der Waals surface area contributed by atoms with Gasteiger partial charge in [0, 0.05) is 16.2 Å². The summed E-state index contributed by atoms with van der Waals surface area (Å²) in [5, 5.41) is 3.99. The summed E-state index contributed by atoms with van der Waals surface area (Å²) in [6, 6.07) is 17.6. The molecule has 0 aliphatic heterocycles. The summed E-state index contributed by atoms with van der Waals surface area (Å²) in [4.78, 5) is 11.9. The molecule has 0 spiro atoms. The molecule has 3 aromatic carbocycles. The molecule has 0 unspecified atom stereocenters. The summed E-state index contributed by atoms with van der Waals surface area (Å²) in [5.74, 6) is -0.00416. The minimum absolute atomic E-state index is 0.00416. The van der Waals surface area contributed by atoms with Crippen LogP contribution in [0.5, 0.6) is 0 Å².